The number of hydrogen-bond donors (Lipinski definition) is 0. The highest BCUT2D eigenvalue weighted by molar-refractivity contribution is 8.16. The van der Waals surface area contributed by atoms with Gasteiger partial charge in [0.2, 0.25) is 0 Å². The van der Waals surface area contributed by atoms with Crippen molar-refractivity contribution in [2.45, 2.75) is 0 Å². The van der Waals surface area contributed by atoms with Gasteiger partial charge in [-0.05, 0) is 23.3 Å². The summed E-state index contributed by atoms with van der Waals surface area (Å²) in [5.74, 6) is 0. The molecule has 0 fully saturated rings. The third-order valence-corrected chi connectivity index (χ3v) is 4.57. The molecule has 0 N–H and O–H groups in total. The average molecular weight is 312 g/mol. The number of rotatable bonds is 2. The Hall–Kier alpha value is -3.01. The number of allylic oxidation sites excluding steroid dienone is 4. The fourth-order valence-electron chi connectivity index (χ4n) is 2.29. The van der Waals surface area contributed by atoms with Gasteiger partial charge in [-0.1, -0.05) is 72.4 Å². The quantitative estimate of drug-likeness (QED) is 0.720. The molecule has 0 atom stereocenters. The largest absolute Gasteiger partial charge is 0.192 e. The lowest BCUT2D eigenvalue weighted by Gasteiger charge is -2.17. The van der Waals surface area contributed by atoms with E-state index in [9.17, 15) is 10.5 Å². The first-order valence-electron chi connectivity index (χ1n) is 7.08. The van der Waals surface area contributed by atoms with Crippen LogP contribution in [0.1, 0.15) is 11.1 Å². The summed E-state index contributed by atoms with van der Waals surface area (Å²) in [7, 11) is 0. The van der Waals surface area contributed by atoms with Crippen molar-refractivity contribution in [1.82, 2.24) is 0 Å². The van der Waals surface area contributed by atoms with E-state index in [1.165, 1.54) is 0 Å². The Kier molecular flexibility index (Phi) is 4.43. The fourth-order valence-corrected chi connectivity index (χ4v) is 3.41. The van der Waals surface area contributed by atoms with Crippen molar-refractivity contribution in [1.29, 1.82) is 10.5 Å². The number of hydrogen-bond acceptors (Lipinski definition) is 3. The Balaban J connectivity index is 2.13. The van der Waals surface area contributed by atoms with E-state index in [-0.39, 0.29) is 5.57 Å². The van der Waals surface area contributed by atoms with Crippen LogP contribution in [0.5, 0.6) is 0 Å². The van der Waals surface area contributed by atoms with Crippen LogP contribution in [-0.2, 0) is 0 Å². The zero-order valence-corrected chi connectivity index (χ0v) is 13.0. The molecule has 0 unspecified atom stereocenters. The topological polar surface area (TPSA) is 47.6 Å². The van der Waals surface area contributed by atoms with Gasteiger partial charge in [0, 0.05) is 15.4 Å². The van der Waals surface area contributed by atoms with E-state index in [1.807, 2.05) is 85.0 Å². The molecule has 108 valence electrons. The van der Waals surface area contributed by atoms with E-state index in [4.69, 9.17) is 0 Å². The van der Waals surface area contributed by atoms with E-state index in [2.05, 4.69) is 0 Å². The fraction of sp³-hybridized carbons (Fsp3) is 0. The third-order valence-electron chi connectivity index (χ3n) is 3.42. The first kappa shape index (κ1) is 14.9. The summed E-state index contributed by atoms with van der Waals surface area (Å²) in [5, 5.41) is 18.4. The highest BCUT2D eigenvalue weighted by atomic mass is 32.2. The van der Waals surface area contributed by atoms with Crippen molar-refractivity contribution < 1.29 is 0 Å². The van der Waals surface area contributed by atoms with Crippen molar-refractivity contribution in [3.05, 3.63) is 95.1 Å². The number of benzene rings is 2. The van der Waals surface area contributed by atoms with Crippen LogP contribution in [0.3, 0.4) is 0 Å². The monoisotopic (exact) mass is 312 g/mol. The average Bonchev–Trinajstić information content (AvgIpc) is 2.64. The predicted molar refractivity (Wildman–Crippen MR) is 94.7 cm³/mol. The molecule has 1 aliphatic heterocycles. The maximum absolute atomic E-state index is 9.20. The van der Waals surface area contributed by atoms with Crippen molar-refractivity contribution in [2.75, 3.05) is 0 Å². The summed E-state index contributed by atoms with van der Waals surface area (Å²) >= 11 is 1.65. The molecule has 2 aromatic carbocycles. The highest BCUT2D eigenvalue weighted by Gasteiger charge is 2.16. The Bertz CT molecular complexity index is 819. The second-order valence-corrected chi connectivity index (χ2v) is 5.99. The molecule has 0 radical (unpaired) electrons. The smallest absolute Gasteiger partial charge is 0.136 e. The lowest BCUT2D eigenvalue weighted by atomic mass is 10.0. The van der Waals surface area contributed by atoms with Gasteiger partial charge in [0.25, 0.3) is 0 Å². The van der Waals surface area contributed by atoms with Gasteiger partial charge >= 0.3 is 0 Å². The second kappa shape index (κ2) is 6.83. The molecule has 3 rings (SSSR count). The standard InChI is InChI=1S/C20H12N2S/c21-13-18(14-22)17-11-19(15-7-3-1-4-8-15)23-20(12-17)16-9-5-2-6-10-16/h1-12H. The Morgan fingerprint density at radius 1 is 0.696 bits per heavy atom. The summed E-state index contributed by atoms with van der Waals surface area (Å²) < 4.78 is 0. The molecule has 0 saturated heterocycles. The molecule has 2 nitrogen and oxygen atoms in total. The van der Waals surface area contributed by atoms with Crippen LogP contribution < -0.4 is 0 Å². The van der Waals surface area contributed by atoms with E-state index in [0.29, 0.717) is 5.57 Å². The molecule has 0 aliphatic carbocycles. The summed E-state index contributed by atoms with van der Waals surface area (Å²) in [4.78, 5) is 2.06. The molecule has 2 aromatic rings. The molecule has 3 heteroatoms. The van der Waals surface area contributed by atoms with Gasteiger partial charge in [0.1, 0.15) is 17.7 Å². The Labute approximate surface area is 139 Å². The summed E-state index contributed by atoms with van der Waals surface area (Å²) in [6, 6.07) is 24.0. The lowest BCUT2D eigenvalue weighted by Crippen LogP contribution is -1.93. The van der Waals surface area contributed by atoms with Crippen molar-refractivity contribution in [3.63, 3.8) is 0 Å². The summed E-state index contributed by atoms with van der Waals surface area (Å²) in [6.45, 7) is 0. The van der Waals surface area contributed by atoms with Crippen molar-refractivity contribution in [3.8, 4) is 12.1 Å². The SMILES string of the molecule is N#CC(C#N)=C1C=C(c2ccccc2)SC(c2ccccc2)=C1. The second-order valence-electron chi connectivity index (χ2n) is 4.91. The Morgan fingerprint density at radius 3 is 1.52 bits per heavy atom. The van der Waals surface area contributed by atoms with Crippen LogP contribution in [0.25, 0.3) is 9.81 Å². The predicted octanol–water partition coefficient (Wildman–Crippen LogP) is 5.16. The zero-order chi connectivity index (χ0) is 16.1. The molecule has 1 heterocycles. The van der Waals surface area contributed by atoms with Crippen LogP contribution in [0.2, 0.25) is 0 Å². The van der Waals surface area contributed by atoms with Gasteiger partial charge in [0.15, 0.2) is 0 Å². The normalized spacial score (nSPS) is 13.4. The number of nitriles is 2. The number of thioether (sulfide) groups is 1. The summed E-state index contributed by atoms with van der Waals surface area (Å²) in [6.07, 6.45) is 3.82. The van der Waals surface area contributed by atoms with Crippen LogP contribution in [0, 0.1) is 22.7 Å². The molecular weight excluding hydrogens is 300 g/mol. The van der Waals surface area contributed by atoms with Gasteiger partial charge in [-0.15, -0.1) is 0 Å². The molecule has 0 aromatic heterocycles. The minimum Gasteiger partial charge on any atom is -0.192 e. The molecule has 0 saturated carbocycles. The molecule has 1 aliphatic rings. The molecular formula is C20H12N2S. The third kappa shape index (κ3) is 3.26. The van der Waals surface area contributed by atoms with Gasteiger partial charge in [0.05, 0.1) is 0 Å². The van der Waals surface area contributed by atoms with E-state index in [1.54, 1.807) is 11.8 Å². The maximum Gasteiger partial charge on any atom is 0.136 e. The van der Waals surface area contributed by atoms with Crippen LogP contribution in [-0.4, -0.2) is 0 Å². The van der Waals surface area contributed by atoms with Gasteiger partial charge < -0.3 is 0 Å². The van der Waals surface area contributed by atoms with Crippen molar-refractivity contribution in [2.24, 2.45) is 0 Å². The molecule has 23 heavy (non-hydrogen) atoms. The maximum atomic E-state index is 9.20. The minimum absolute atomic E-state index is 0.132. The van der Waals surface area contributed by atoms with Crippen molar-refractivity contribution >= 4 is 21.6 Å². The zero-order valence-electron chi connectivity index (χ0n) is 12.2. The van der Waals surface area contributed by atoms with E-state index < -0.39 is 0 Å². The molecule has 0 spiro atoms. The van der Waals surface area contributed by atoms with Gasteiger partial charge in [-0.25, -0.2) is 0 Å². The van der Waals surface area contributed by atoms with Crippen LogP contribution >= 0.6 is 11.8 Å². The van der Waals surface area contributed by atoms with Gasteiger partial charge in [-0.3, -0.25) is 0 Å². The summed E-state index contributed by atoms with van der Waals surface area (Å²) in [5.41, 5.74) is 2.94. The van der Waals surface area contributed by atoms with Crippen LogP contribution in [0.4, 0.5) is 0 Å². The van der Waals surface area contributed by atoms with Gasteiger partial charge in [-0.2, -0.15) is 10.5 Å². The highest BCUT2D eigenvalue weighted by Crippen LogP contribution is 2.44. The first-order valence-corrected chi connectivity index (χ1v) is 7.90. The molecule has 0 bridgehead atoms. The van der Waals surface area contributed by atoms with E-state index in [0.717, 1.165) is 20.9 Å². The molecule has 0 amide bonds. The minimum atomic E-state index is 0.132. The number of nitrogens with zero attached hydrogens (tertiary/aromatic N) is 2. The van der Waals surface area contributed by atoms with Crippen LogP contribution in [0.15, 0.2) is 84.0 Å². The first-order chi connectivity index (χ1) is 11.3. The van der Waals surface area contributed by atoms with E-state index >= 15 is 0 Å². The Morgan fingerprint density at radius 2 is 1.13 bits per heavy atom. The lowest BCUT2D eigenvalue weighted by molar-refractivity contribution is 1.44.